The summed E-state index contributed by atoms with van der Waals surface area (Å²) in [7, 11) is 0. The number of thiophene rings is 1. The zero-order valence-electron chi connectivity index (χ0n) is 8.20. The van der Waals surface area contributed by atoms with Crippen molar-refractivity contribution in [3.63, 3.8) is 0 Å². The summed E-state index contributed by atoms with van der Waals surface area (Å²) in [6.45, 7) is 2.85. The number of halogens is 1. The minimum Gasteiger partial charge on any atom is -0.349 e. The van der Waals surface area contributed by atoms with E-state index in [9.17, 15) is 0 Å². The van der Waals surface area contributed by atoms with Gasteiger partial charge in [0.2, 0.25) is 5.95 Å². The lowest BCUT2D eigenvalue weighted by Crippen LogP contribution is -2.02. The van der Waals surface area contributed by atoms with E-state index in [1.165, 1.54) is 10.4 Å². The van der Waals surface area contributed by atoms with Crippen molar-refractivity contribution >= 4 is 28.9 Å². The minimum absolute atomic E-state index is 0.549. The minimum atomic E-state index is 0.549. The maximum atomic E-state index is 5.69. The fourth-order valence-corrected chi connectivity index (χ4v) is 2.09. The van der Waals surface area contributed by atoms with Crippen LogP contribution in [0.4, 0.5) is 5.95 Å². The van der Waals surface area contributed by atoms with Crippen LogP contribution in [0.5, 0.6) is 0 Å². The normalized spacial score (nSPS) is 10.3. The SMILES string of the molecule is Cc1ccsc1CNc1ncc(Cl)cn1. The monoisotopic (exact) mass is 239 g/mol. The van der Waals surface area contributed by atoms with E-state index in [1.807, 2.05) is 0 Å². The van der Waals surface area contributed by atoms with Crippen molar-refractivity contribution in [2.75, 3.05) is 5.32 Å². The summed E-state index contributed by atoms with van der Waals surface area (Å²) in [5.41, 5.74) is 1.29. The lowest BCUT2D eigenvalue weighted by Gasteiger charge is -2.03. The van der Waals surface area contributed by atoms with Gasteiger partial charge in [0.15, 0.2) is 0 Å². The molecule has 0 aromatic carbocycles. The largest absolute Gasteiger partial charge is 0.349 e. The maximum Gasteiger partial charge on any atom is 0.222 e. The van der Waals surface area contributed by atoms with E-state index in [-0.39, 0.29) is 0 Å². The Bertz CT molecular complexity index is 438. The van der Waals surface area contributed by atoms with Crippen molar-refractivity contribution < 1.29 is 0 Å². The first-order valence-electron chi connectivity index (χ1n) is 4.50. The van der Waals surface area contributed by atoms with E-state index in [4.69, 9.17) is 11.6 Å². The fraction of sp³-hybridized carbons (Fsp3) is 0.200. The smallest absolute Gasteiger partial charge is 0.222 e. The third-order valence-electron chi connectivity index (χ3n) is 2.00. The van der Waals surface area contributed by atoms with Crippen LogP contribution in [0.1, 0.15) is 10.4 Å². The first kappa shape index (κ1) is 10.4. The number of aryl methyl sites for hydroxylation is 1. The van der Waals surface area contributed by atoms with E-state index in [0.29, 0.717) is 11.0 Å². The fourth-order valence-electron chi connectivity index (χ4n) is 1.15. The van der Waals surface area contributed by atoms with Crippen molar-refractivity contribution in [2.45, 2.75) is 13.5 Å². The molecular weight excluding hydrogens is 230 g/mol. The second-order valence-electron chi connectivity index (χ2n) is 3.11. The Morgan fingerprint density at radius 3 is 2.73 bits per heavy atom. The Labute approximate surface area is 97.2 Å². The van der Waals surface area contributed by atoms with Gasteiger partial charge in [-0.25, -0.2) is 9.97 Å². The van der Waals surface area contributed by atoms with Crippen molar-refractivity contribution in [3.8, 4) is 0 Å². The van der Waals surface area contributed by atoms with Gasteiger partial charge in [-0.15, -0.1) is 11.3 Å². The predicted molar refractivity (Wildman–Crippen MR) is 63.4 cm³/mol. The van der Waals surface area contributed by atoms with E-state index in [0.717, 1.165) is 6.54 Å². The number of anilines is 1. The first-order chi connectivity index (χ1) is 7.25. The Hall–Kier alpha value is -1.13. The van der Waals surface area contributed by atoms with Gasteiger partial charge in [0.1, 0.15) is 0 Å². The Balaban J connectivity index is 1.99. The molecule has 0 radical (unpaired) electrons. The Morgan fingerprint density at radius 1 is 1.40 bits per heavy atom. The average Bonchev–Trinajstić information content (AvgIpc) is 2.63. The van der Waals surface area contributed by atoms with E-state index in [1.54, 1.807) is 23.7 Å². The summed E-state index contributed by atoms with van der Waals surface area (Å²) < 4.78 is 0. The van der Waals surface area contributed by atoms with E-state index in [2.05, 4.69) is 33.7 Å². The average molecular weight is 240 g/mol. The molecule has 3 nitrogen and oxygen atoms in total. The predicted octanol–water partition coefficient (Wildman–Crippen LogP) is 3.11. The standard InChI is InChI=1S/C10H10ClN3S/c1-7-2-3-15-9(7)6-14-10-12-4-8(11)5-13-10/h2-5H,6H2,1H3,(H,12,13,14). The summed E-state index contributed by atoms with van der Waals surface area (Å²) in [5.74, 6) is 0.604. The molecule has 15 heavy (non-hydrogen) atoms. The quantitative estimate of drug-likeness (QED) is 0.895. The molecule has 0 saturated heterocycles. The summed E-state index contributed by atoms with van der Waals surface area (Å²) in [4.78, 5) is 9.42. The van der Waals surface area contributed by atoms with Crippen molar-refractivity contribution in [1.29, 1.82) is 0 Å². The van der Waals surface area contributed by atoms with Crippen molar-refractivity contribution in [2.24, 2.45) is 0 Å². The second kappa shape index (κ2) is 4.59. The van der Waals surface area contributed by atoms with Crippen LogP contribution in [0.25, 0.3) is 0 Å². The lowest BCUT2D eigenvalue weighted by molar-refractivity contribution is 1.06. The zero-order chi connectivity index (χ0) is 10.7. The molecule has 1 N–H and O–H groups in total. The molecule has 2 heterocycles. The molecular formula is C10H10ClN3S. The third-order valence-corrected chi connectivity index (χ3v) is 3.21. The van der Waals surface area contributed by atoms with Gasteiger partial charge < -0.3 is 5.32 Å². The number of nitrogens with one attached hydrogen (secondary N) is 1. The van der Waals surface area contributed by atoms with Gasteiger partial charge in [-0.05, 0) is 23.9 Å². The molecule has 2 rings (SSSR count). The van der Waals surface area contributed by atoms with Gasteiger partial charge in [0.05, 0.1) is 24.0 Å². The maximum absolute atomic E-state index is 5.69. The molecule has 78 valence electrons. The highest BCUT2D eigenvalue weighted by atomic mass is 35.5. The number of rotatable bonds is 3. The van der Waals surface area contributed by atoms with Crippen LogP contribution in [0, 0.1) is 6.92 Å². The van der Waals surface area contributed by atoms with Gasteiger partial charge in [0.25, 0.3) is 0 Å². The molecule has 0 fully saturated rings. The van der Waals surface area contributed by atoms with Crippen LogP contribution in [0.3, 0.4) is 0 Å². The molecule has 0 aliphatic heterocycles. The van der Waals surface area contributed by atoms with Crippen LogP contribution in [0.15, 0.2) is 23.8 Å². The first-order valence-corrected chi connectivity index (χ1v) is 5.76. The summed E-state index contributed by atoms with van der Waals surface area (Å²) in [6, 6.07) is 2.10. The third kappa shape index (κ3) is 2.67. The van der Waals surface area contributed by atoms with Crippen LogP contribution in [-0.4, -0.2) is 9.97 Å². The van der Waals surface area contributed by atoms with Crippen LogP contribution >= 0.6 is 22.9 Å². The van der Waals surface area contributed by atoms with Crippen molar-refractivity contribution in [1.82, 2.24) is 9.97 Å². The van der Waals surface area contributed by atoms with Crippen LogP contribution < -0.4 is 5.32 Å². The summed E-state index contributed by atoms with van der Waals surface area (Å²) in [6.07, 6.45) is 3.16. The summed E-state index contributed by atoms with van der Waals surface area (Å²) in [5, 5.41) is 5.77. The topological polar surface area (TPSA) is 37.8 Å². The lowest BCUT2D eigenvalue weighted by atomic mass is 10.3. The summed E-state index contributed by atoms with van der Waals surface area (Å²) >= 11 is 7.41. The van der Waals surface area contributed by atoms with Crippen LogP contribution in [-0.2, 0) is 6.54 Å². The van der Waals surface area contributed by atoms with E-state index < -0.39 is 0 Å². The van der Waals surface area contributed by atoms with Gasteiger partial charge in [-0.1, -0.05) is 11.6 Å². The number of hydrogen-bond donors (Lipinski definition) is 1. The molecule has 0 unspecified atom stereocenters. The highest BCUT2D eigenvalue weighted by Crippen LogP contribution is 2.16. The highest BCUT2D eigenvalue weighted by molar-refractivity contribution is 7.10. The van der Waals surface area contributed by atoms with Crippen molar-refractivity contribution in [3.05, 3.63) is 39.3 Å². The molecule has 0 atom stereocenters. The molecule has 2 aromatic heterocycles. The van der Waals surface area contributed by atoms with Crippen LogP contribution in [0.2, 0.25) is 5.02 Å². The molecule has 5 heteroatoms. The van der Waals surface area contributed by atoms with Gasteiger partial charge >= 0.3 is 0 Å². The number of hydrogen-bond acceptors (Lipinski definition) is 4. The number of aromatic nitrogens is 2. The number of nitrogens with zero attached hydrogens (tertiary/aromatic N) is 2. The Kier molecular flexibility index (Phi) is 3.18. The molecule has 0 bridgehead atoms. The molecule has 0 saturated carbocycles. The highest BCUT2D eigenvalue weighted by Gasteiger charge is 2.00. The molecule has 2 aromatic rings. The molecule has 0 spiro atoms. The molecule has 0 amide bonds. The molecule has 0 aliphatic rings. The van der Waals surface area contributed by atoms with Gasteiger partial charge in [-0.2, -0.15) is 0 Å². The second-order valence-corrected chi connectivity index (χ2v) is 4.54. The Morgan fingerprint density at radius 2 is 2.13 bits per heavy atom. The van der Waals surface area contributed by atoms with Gasteiger partial charge in [0, 0.05) is 4.88 Å². The van der Waals surface area contributed by atoms with E-state index >= 15 is 0 Å². The zero-order valence-corrected chi connectivity index (χ0v) is 9.77. The molecule has 0 aliphatic carbocycles. The van der Waals surface area contributed by atoms with Gasteiger partial charge in [-0.3, -0.25) is 0 Å².